The number of rotatable bonds is 6. The molecule has 108 valence electrons. The molecule has 19 heavy (non-hydrogen) atoms. The molecule has 3 heteroatoms. The fraction of sp³-hybridized carbons (Fsp3) is 0.625. The summed E-state index contributed by atoms with van der Waals surface area (Å²) < 4.78 is 10.6. The molecule has 1 atom stereocenters. The lowest BCUT2D eigenvalue weighted by Crippen LogP contribution is -2.36. The molecule has 0 aliphatic rings. The summed E-state index contributed by atoms with van der Waals surface area (Å²) >= 11 is 0. The molecule has 0 bridgehead atoms. The minimum Gasteiger partial charge on any atom is -0.493 e. The van der Waals surface area contributed by atoms with Gasteiger partial charge in [0.15, 0.2) is 11.5 Å². The monoisotopic (exact) mass is 265 g/mol. The SMILES string of the molecule is COc1ccc(C(C)CCNC(C)(C)C)cc1OC. The van der Waals surface area contributed by atoms with E-state index in [-0.39, 0.29) is 5.54 Å². The van der Waals surface area contributed by atoms with E-state index in [2.05, 4.69) is 45.1 Å². The van der Waals surface area contributed by atoms with Crippen LogP contribution >= 0.6 is 0 Å². The summed E-state index contributed by atoms with van der Waals surface area (Å²) in [5, 5.41) is 3.52. The summed E-state index contributed by atoms with van der Waals surface area (Å²) in [5.41, 5.74) is 1.46. The highest BCUT2D eigenvalue weighted by Gasteiger charge is 2.12. The lowest BCUT2D eigenvalue weighted by Gasteiger charge is -2.22. The first-order chi connectivity index (χ1) is 8.87. The van der Waals surface area contributed by atoms with Gasteiger partial charge < -0.3 is 14.8 Å². The molecule has 0 aliphatic carbocycles. The van der Waals surface area contributed by atoms with Crippen LogP contribution in [0.25, 0.3) is 0 Å². The molecular formula is C16H27NO2. The van der Waals surface area contributed by atoms with E-state index >= 15 is 0 Å². The maximum atomic E-state index is 5.35. The van der Waals surface area contributed by atoms with Crippen molar-refractivity contribution in [2.45, 2.75) is 45.6 Å². The first kappa shape index (κ1) is 15.8. The van der Waals surface area contributed by atoms with Crippen molar-refractivity contribution in [2.75, 3.05) is 20.8 Å². The second-order valence-electron chi connectivity index (χ2n) is 5.98. The highest BCUT2D eigenvalue weighted by atomic mass is 16.5. The topological polar surface area (TPSA) is 30.5 Å². The highest BCUT2D eigenvalue weighted by Crippen LogP contribution is 2.31. The molecule has 0 radical (unpaired) electrons. The van der Waals surface area contributed by atoms with Crippen molar-refractivity contribution in [1.82, 2.24) is 5.32 Å². The molecule has 1 unspecified atom stereocenters. The van der Waals surface area contributed by atoms with Crippen LogP contribution in [0.15, 0.2) is 18.2 Å². The van der Waals surface area contributed by atoms with Gasteiger partial charge in [0, 0.05) is 5.54 Å². The van der Waals surface area contributed by atoms with Gasteiger partial charge in [-0.2, -0.15) is 0 Å². The minimum absolute atomic E-state index is 0.178. The van der Waals surface area contributed by atoms with Gasteiger partial charge in [0.2, 0.25) is 0 Å². The minimum atomic E-state index is 0.178. The van der Waals surface area contributed by atoms with Crippen molar-refractivity contribution in [2.24, 2.45) is 0 Å². The Morgan fingerprint density at radius 2 is 1.74 bits per heavy atom. The van der Waals surface area contributed by atoms with Crippen molar-refractivity contribution in [3.8, 4) is 11.5 Å². The summed E-state index contributed by atoms with van der Waals surface area (Å²) in [6, 6.07) is 6.16. The number of methoxy groups -OCH3 is 2. The molecule has 1 aromatic carbocycles. The van der Waals surface area contributed by atoms with Crippen LogP contribution in [0.3, 0.4) is 0 Å². The molecule has 0 saturated carbocycles. The number of nitrogens with one attached hydrogen (secondary N) is 1. The van der Waals surface area contributed by atoms with Crippen molar-refractivity contribution >= 4 is 0 Å². The van der Waals surface area contributed by atoms with Crippen LogP contribution in [-0.2, 0) is 0 Å². The van der Waals surface area contributed by atoms with Gasteiger partial charge in [-0.3, -0.25) is 0 Å². The lowest BCUT2D eigenvalue weighted by molar-refractivity contribution is 0.354. The molecule has 1 aromatic rings. The Hall–Kier alpha value is -1.22. The van der Waals surface area contributed by atoms with E-state index in [4.69, 9.17) is 9.47 Å². The average Bonchev–Trinajstić information content (AvgIpc) is 2.36. The molecule has 0 aromatic heterocycles. The van der Waals surface area contributed by atoms with Gasteiger partial charge in [-0.25, -0.2) is 0 Å². The van der Waals surface area contributed by atoms with Gasteiger partial charge in [-0.05, 0) is 57.4 Å². The van der Waals surface area contributed by atoms with Gasteiger partial charge in [-0.15, -0.1) is 0 Å². The molecule has 0 spiro atoms. The summed E-state index contributed by atoms with van der Waals surface area (Å²) in [6.45, 7) is 9.82. The Morgan fingerprint density at radius 1 is 1.11 bits per heavy atom. The summed E-state index contributed by atoms with van der Waals surface area (Å²) in [6.07, 6.45) is 1.10. The lowest BCUT2D eigenvalue weighted by atomic mass is 9.96. The third-order valence-corrected chi connectivity index (χ3v) is 3.21. The maximum absolute atomic E-state index is 5.35. The van der Waals surface area contributed by atoms with Crippen LogP contribution < -0.4 is 14.8 Å². The predicted octanol–water partition coefficient (Wildman–Crippen LogP) is 3.59. The molecule has 0 heterocycles. The number of benzene rings is 1. The smallest absolute Gasteiger partial charge is 0.160 e. The van der Waals surface area contributed by atoms with Crippen molar-refractivity contribution < 1.29 is 9.47 Å². The molecule has 0 fully saturated rings. The molecule has 0 aliphatic heterocycles. The van der Waals surface area contributed by atoms with E-state index in [0.29, 0.717) is 5.92 Å². The predicted molar refractivity (Wildman–Crippen MR) is 80.3 cm³/mol. The number of hydrogen-bond donors (Lipinski definition) is 1. The fourth-order valence-electron chi connectivity index (χ4n) is 1.99. The van der Waals surface area contributed by atoms with Gasteiger partial charge in [0.1, 0.15) is 0 Å². The first-order valence-corrected chi connectivity index (χ1v) is 6.84. The summed E-state index contributed by atoms with van der Waals surface area (Å²) in [7, 11) is 3.33. The van der Waals surface area contributed by atoms with E-state index in [0.717, 1.165) is 24.5 Å². The van der Waals surface area contributed by atoms with Gasteiger partial charge >= 0.3 is 0 Å². The fourth-order valence-corrected chi connectivity index (χ4v) is 1.99. The third-order valence-electron chi connectivity index (χ3n) is 3.21. The van der Waals surface area contributed by atoms with Crippen molar-refractivity contribution in [3.63, 3.8) is 0 Å². The van der Waals surface area contributed by atoms with Crippen LogP contribution in [-0.4, -0.2) is 26.3 Å². The molecule has 0 amide bonds. The molecular weight excluding hydrogens is 238 g/mol. The van der Waals surface area contributed by atoms with Gasteiger partial charge in [0.25, 0.3) is 0 Å². The normalized spacial score (nSPS) is 13.2. The first-order valence-electron chi connectivity index (χ1n) is 6.84. The Balaban J connectivity index is 2.64. The zero-order valence-corrected chi connectivity index (χ0v) is 13.0. The van der Waals surface area contributed by atoms with Crippen LogP contribution in [0, 0.1) is 0 Å². The quantitative estimate of drug-likeness (QED) is 0.852. The van der Waals surface area contributed by atoms with E-state index in [1.807, 2.05) is 6.07 Å². The second kappa shape index (κ2) is 6.80. The Labute approximate surface area is 117 Å². The average molecular weight is 265 g/mol. The number of ether oxygens (including phenoxy) is 2. The standard InChI is InChI=1S/C16H27NO2/c1-12(9-10-17-16(2,3)4)13-7-8-14(18-5)15(11-13)19-6/h7-8,11-12,17H,9-10H2,1-6H3. The van der Waals surface area contributed by atoms with Crippen molar-refractivity contribution in [3.05, 3.63) is 23.8 Å². The second-order valence-corrected chi connectivity index (χ2v) is 5.98. The molecule has 0 saturated heterocycles. The Morgan fingerprint density at radius 3 is 2.26 bits per heavy atom. The summed E-state index contributed by atoms with van der Waals surface area (Å²) in [5.74, 6) is 2.08. The van der Waals surface area contributed by atoms with Crippen LogP contribution in [0.5, 0.6) is 11.5 Å². The third kappa shape index (κ3) is 5.11. The van der Waals surface area contributed by atoms with E-state index in [1.165, 1.54) is 5.56 Å². The van der Waals surface area contributed by atoms with Crippen LogP contribution in [0.4, 0.5) is 0 Å². The van der Waals surface area contributed by atoms with Gasteiger partial charge in [0.05, 0.1) is 14.2 Å². The number of hydrogen-bond acceptors (Lipinski definition) is 3. The Bertz CT molecular complexity index is 396. The molecule has 1 N–H and O–H groups in total. The zero-order valence-electron chi connectivity index (χ0n) is 13.0. The summed E-state index contributed by atoms with van der Waals surface area (Å²) in [4.78, 5) is 0. The highest BCUT2D eigenvalue weighted by molar-refractivity contribution is 5.43. The molecule has 3 nitrogen and oxygen atoms in total. The molecule has 1 rings (SSSR count). The van der Waals surface area contributed by atoms with Crippen molar-refractivity contribution in [1.29, 1.82) is 0 Å². The van der Waals surface area contributed by atoms with E-state index < -0.39 is 0 Å². The van der Waals surface area contributed by atoms with E-state index in [1.54, 1.807) is 14.2 Å². The van der Waals surface area contributed by atoms with E-state index in [9.17, 15) is 0 Å². The zero-order chi connectivity index (χ0) is 14.5. The van der Waals surface area contributed by atoms with Crippen LogP contribution in [0.1, 0.15) is 45.6 Å². The van der Waals surface area contributed by atoms with Crippen LogP contribution in [0.2, 0.25) is 0 Å². The largest absolute Gasteiger partial charge is 0.493 e. The van der Waals surface area contributed by atoms with Gasteiger partial charge in [-0.1, -0.05) is 13.0 Å². The maximum Gasteiger partial charge on any atom is 0.160 e. The Kier molecular flexibility index (Phi) is 5.67.